The zero-order valence-electron chi connectivity index (χ0n) is 14.9. The lowest BCUT2D eigenvalue weighted by Gasteiger charge is -2.34. The Bertz CT molecular complexity index is 905. The summed E-state index contributed by atoms with van der Waals surface area (Å²) < 4.78 is 37.2. The summed E-state index contributed by atoms with van der Waals surface area (Å²) in [5, 5.41) is 4.65. The van der Waals surface area contributed by atoms with Crippen LogP contribution < -0.4 is 16.5 Å². The van der Waals surface area contributed by atoms with E-state index in [2.05, 4.69) is 15.7 Å². The highest BCUT2D eigenvalue weighted by atomic mass is 19.4. The minimum absolute atomic E-state index is 0.169. The number of nitrogens with two attached hydrogens (primary N) is 1. The van der Waals surface area contributed by atoms with Crippen LogP contribution in [0.4, 0.5) is 13.2 Å². The van der Waals surface area contributed by atoms with Crippen molar-refractivity contribution in [1.29, 1.82) is 0 Å². The van der Waals surface area contributed by atoms with Gasteiger partial charge in [-0.1, -0.05) is 6.07 Å². The van der Waals surface area contributed by atoms with E-state index >= 15 is 0 Å². The fourth-order valence-electron chi connectivity index (χ4n) is 3.02. The average molecular weight is 393 g/mol. The molecule has 0 radical (unpaired) electrons. The number of aryl methyl sites for hydroxylation is 1. The molecule has 2 heterocycles. The van der Waals surface area contributed by atoms with E-state index in [1.807, 2.05) is 0 Å². The zero-order chi connectivity index (χ0) is 20.5. The van der Waals surface area contributed by atoms with E-state index in [9.17, 15) is 22.8 Å². The molecule has 4 N–H and O–H groups in total. The fourth-order valence-corrected chi connectivity index (χ4v) is 3.02. The van der Waals surface area contributed by atoms with Crippen molar-refractivity contribution in [3.63, 3.8) is 0 Å². The van der Waals surface area contributed by atoms with Crippen LogP contribution in [0.5, 0.6) is 0 Å². The van der Waals surface area contributed by atoms with Gasteiger partial charge in [0.05, 0.1) is 23.5 Å². The SMILES string of the molecule is Cc1cc(C2=CNC3C(=NCCC(F)(F)F)C=C(C=O)NN23)ccc1C(N)=O. The monoisotopic (exact) mass is 393 g/mol. The van der Waals surface area contributed by atoms with Crippen molar-refractivity contribution in [2.24, 2.45) is 10.7 Å². The molecule has 3 rings (SSSR count). The number of aliphatic imine (C=N–C) groups is 1. The molecule has 0 saturated heterocycles. The highest BCUT2D eigenvalue weighted by Gasteiger charge is 2.34. The average Bonchev–Trinajstić information content (AvgIpc) is 3.04. The first kappa shape index (κ1) is 19.5. The molecular weight excluding hydrogens is 375 g/mol. The van der Waals surface area contributed by atoms with Crippen LogP contribution in [0.25, 0.3) is 5.70 Å². The van der Waals surface area contributed by atoms with Gasteiger partial charge in [-0.2, -0.15) is 13.2 Å². The van der Waals surface area contributed by atoms with Gasteiger partial charge >= 0.3 is 6.18 Å². The largest absolute Gasteiger partial charge is 0.390 e. The molecule has 1 atom stereocenters. The Kier molecular flexibility index (Phi) is 5.12. The third-order valence-corrected chi connectivity index (χ3v) is 4.33. The number of allylic oxidation sites excluding steroid dienone is 1. The molecule has 2 aliphatic rings. The Morgan fingerprint density at radius 1 is 1.39 bits per heavy atom. The van der Waals surface area contributed by atoms with E-state index in [0.29, 0.717) is 28.8 Å². The predicted octanol–water partition coefficient (Wildman–Crippen LogP) is 1.62. The molecule has 0 aliphatic carbocycles. The third kappa shape index (κ3) is 4.00. The fraction of sp³-hybridized carbons (Fsp3) is 0.278. The molecule has 1 aromatic carbocycles. The number of fused-ring (bicyclic) bond motifs is 1. The first-order valence-electron chi connectivity index (χ1n) is 8.40. The number of carbonyl (C=O) groups excluding carboxylic acids is 2. The molecule has 28 heavy (non-hydrogen) atoms. The summed E-state index contributed by atoms with van der Waals surface area (Å²) >= 11 is 0. The molecule has 0 aromatic heterocycles. The number of benzene rings is 1. The van der Waals surface area contributed by atoms with Gasteiger partial charge in [0, 0.05) is 23.9 Å². The highest BCUT2D eigenvalue weighted by molar-refractivity contribution is 6.05. The second kappa shape index (κ2) is 7.37. The lowest BCUT2D eigenvalue weighted by molar-refractivity contribution is -0.132. The number of nitrogens with zero attached hydrogens (tertiary/aromatic N) is 2. The number of nitrogens with one attached hydrogen (secondary N) is 2. The van der Waals surface area contributed by atoms with Gasteiger partial charge in [0.2, 0.25) is 5.91 Å². The normalized spacial score (nSPS) is 20.1. The number of rotatable bonds is 5. The number of hydrogen-bond donors (Lipinski definition) is 3. The first-order chi connectivity index (χ1) is 13.2. The Morgan fingerprint density at radius 2 is 2.14 bits per heavy atom. The van der Waals surface area contributed by atoms with Gasteiger partial charge in [0.25, 0.3) is 0 Å². The Hall–Kier alpha value is -3.30. The van der Waals surface area contributed by atoms with Gasteiger partial charge in [0.1, 0.15) is 0 Å². The zero-order valence-corrected chi connectivity index (χ0v) is 14.9. The highest BCUT2D eigenvalue weighted by Crippen LogP contribution is 2.28. The summed E-state index contributed by atoms with van der Waals surface area (Å²) in [4.78, 5) is 26.7. The molecule has 10 heteroatoms. The van der Waals surface area contributed by atoms with E-state index < -0.39 is 31.2 Å². The predicted molar refractivity (Wildman–Crippen MR) is 96.7 cm³/mol. The minimum atomic E-state index is -4.31. The van der Waals surface area contributed by atoms with Gasteiger partial charge in [-0.3, -0.25) is 25.0 Å². The summed E-state index contributed by atoms with van der Waals surface area (Å²) in [7, 11) is 0. The summed E-state index contributed by atoms with van der Waals surface area (Å²) in [6.45, 7) is 1.31. The molecule has 0 fully saturated rings. The second-order valence-corrected chi connectivity index (χ2v) is 6.36. The van der Waals surface area contributed by atoms with Crippen molar-refractivity contribution in [1.82, 2.24) is 15.8 Å². The third-order valence-electron chi connectivity index (χ3n) is 4.33. The van der Waals surface area contributed by atoms with Gasteiger partial charge < -0.3 is 11.1 Å². The minimum Gasteiger partial charge on any atom is -0.366 e. The maximum Gasteiger partial charge on any atom is 0.390 e. The van der Waals surface area contributed by atoms with Gasteiger partial charge in [0.15, 0.2) is 12.5 Å². The van der Waals surface area contributed by atoms with Crippen LogP contribution in [-0.4, -0.2) is 41.8 Å². The van der Waals surface area contributed by atoms with Crippen molar-refractivity contribution in [3.05, 3.63) is 52.9 Å². The molecular formula is C18H18F3N5O2. The summed E-state index contributed by atoms with van der Waals surface area (Å²) in [6, 6.07) is 5.06. The first-order valence-corrected chi connectivity index (χ1v) is 8.40. The van der Waals surface area contributed by atoms with Crippen LogP contribution in [0.1, 0.15) is 27.9 Å². The number of hydrazine groups is 1. The number of alkyl halides is 3. The van der Waals surface area contributed by atoms with E-state index in [0.717, 1.165) is 5.56 Å². The van der Waals surface area contributed by atoms with Gasteiger partial charge in [-0.25, -0.2) is 0 Å². The summed E-state index contributed by atoms with van der Waals surface area (Å²) in [5.74, 6) is -0.540. The molecule has 0 bridgehead atoms. The topological polar surface area (TPSA) is 99.8 Å². The Morgan fingerprint density at radius 3 is 2.75 bits per heavy atom. The lowest BCUT2D eigenvalue weighted by Crippen LogP contribution is -2.53. The van der Waals surface area contributed by atoms with Gasteiger partial charge in [-0.05, 0) is 30.7 Å². The van der Waals surface area contributed by atoms with Crippen molar-refractivity contribution >= 4 is 23.6 Å². The number of halogens is 3. The Balaban J connectivity index is 1.87. The van der Waals surface area contributed by atoms with E-state index in [-0.39, 0.29) is 5.70 Å². The van der Waals surface area contributed by atoms with E-state index in [1.54, 1.807) is 36.3 Å². The Labute approximate surface area is 158 Å². The number of aldehydes is 1. The molecule has 7 nitrogen and oxygen atoms in total. The van der Waals surface area contributed by atoms with Crippen LogP contribution >= 0.6 is 0 Å². The lowest BCUT2D eigenvalue weighted by atomic mass is 10.0. The number of primary amides is 1. The molecule has 0 saturated carbocycles. The molecule has 148 valence electrons. The summed E-state index contributed by atoms with van der Waals surface area (Å²) in [6.07, 6.45) is -2.28. The van der Waals surface area contributed by atoms with Crippen molar-refractivity contribution in [3.8, 4) is 0 Å². The van der Waals surface area contributed by atoms with Crippen LogP contribution in [0.3, 0.4) is 0 Å². The number of carbonyl (C=O) groups is 2. The van der Waals surface area contributed by atoms with Crippen LogP contribution in [0.15, 0.2) is 41.2 Å². The molecule has 2 aliphatic heterocycles. The number of amides is 1. The van der Waals surface area contributed by atoms with Crippen molar-refractivity contribution < 1.29 is 22.8 Å². The van der Waals surface area contributed by atoms with Crippen LogP contribution in [0, 0.1) is 6.92 Å². The molecule has 1 aromatic rings. The smallest absolute Gasteiger partial charge is 0.366 e. The quantitative estimate of drug-likeness (QED) is 0.660. The van der Waals surface area contributed by atoms with Gasteiger partial charge in [-0.15, -0.1) is 0 Å². The maximum absolute atomic E-state index is 12.4. The second-order valence-electron chi connectivity index (χ2n) is 6.36. The number of hydrogen-bond acceptors (Lipinski definition) is 6. The van der Waals surface area contributed by atoms with E-state index in [1.165, 1.54) is 6.08 Å². The summed E-state index contributed by atoms with van der Waals surface area (Å²) in [5.41, 5.74) is 11.1. The molecule has 1 amide bonds. The van der Waals surface area contributed by atoms with E-state index in [4.69, 9.17) is 5.73 Å². The van der Waals surface area contributed by atoms with Crippen LogP contribution in [0.2, 0.25) is 0 Å². The van der Waals surface area contributed by atoms with Crippen molar-refractivity contribution in [2.45, 2.75) is 25.7 Å². The van der Waals surface area contributed by atoms with Crippen molar-refractivity contribution in [2.75, 3.05) is 6.54 Å². The molecule has 1 unspecified atom stereocenters. The standard InChI is InChI=1S/C18H18F3N5O2/c1-10-6-11(2-3-13(10)16(22)28)15-8-24-17-14(23-5-4-18(19,20)21)7-12(9-27)25-26(15)17/h2-3,6-9,17,24-25H,4-5H2,1H3,(H2,22,28). The maximum atomic E-state index is 12.4. The van der Waals surface area contributed by atoms with Crippen LogP contribution in [-0.2, 0) is 4.79 Å². The molecule has 0 spiro atoms.